The fourth-order valence-electron chi connectivity index (χ4n) is 3.45. The van der Waals surface area contributed by atoms with Crippen molar-refractivity contribution in [3.63, 3.8) is 0 Å². The molecule has 0 aromatic carbocycles. The molecule has 2 rings (SSSR count). The molecule has 0 N–H and O–H groups in total. The molecular formula is C16H28N2O5S. The Morgan fingerprint density at radius 3 is 2.29 bits per heavy atom. The third-order valence-corrected chi connectivity index (χ3v) is 6.80. The molecule has 0 radical (unpaired) electrons. The number of carbonyl (C=O) groups excluding carboxylic acids is 2. The van der Waals surface area contributed by atoms with E-state index in [1.165, 1.54) is 4.31 Å². The molecular weight excluding hydrogens is 332 g/mol. The highest BCUT2D eigenvalue weighted by molar-refractivity contribution is 7.89. The second-order valence-corrected chi connectivity index (χ2v) is 8.71. The number of hydrogen-bond acceptors (Lipinski definition) is 5. The van der Waals surface area contributed by atoms with Gasteiger partial charge < -0.3 is 9.64 Å². The van der Waals surface area contributed by atoms with Crippen molar-refractivity contribution in [3.05, 3.63) is 0 Å². The van der Waals surface area contributed by atoms with Gasteiger partial charge in [-0.2, -0.15) is 0 Å². The zero-order valence-electron chi connectivity index (χ0n) is 14.6. The van der Waals surface area contributed by atoms with E-state index >= 15 is 0 Å². The van der Waals surface area contributed by atoms with Gasteiger partial charge in [-0.05, 0) is 39.5 Å². The Hall–Kier alpha value is -1.15. The van der Waals surface area contributed by atoms with Crippen LogP contribution < -0.4 is 0 Å². The number of likely N-dealkylation sites (tertiary alicyclic amines) is 1. The van der Waals surface area contributed by atoms with Crippen molar-refractivity contribution in [2.75, 3.05) is 38.5 Å². The van der Waals surface area contributed by atoms with Crippen LogP contribution in [0.2, 0.25) is 0 Å². The summed E-state index contributed by atoms with van der Waals surface area (Å²) in [5.74, 6) is -0.451. The number of carbonyl (C=O) groups is 2. The summed E-state index contributed by atoms with van der Waals surface area (Å²) < 4.78 is 30.3. The molecule has 0 aliphatic carbocycles. The van der Waals surface area contributed by atoms with Gasteiger partial charge in [0.2, 0.25) is 15.9 Å². The normalized spacial score (nSPS) is 23.9. The Balaban J connectivity index is 1.89. The second-order valence-electron chi connectivity index (χ2n) is 6.45. The minimum absolute atomic E-state index is 0.0533. The fourth-order valence-corrected chi connectivity index (χ4v) is 4.58. The lowest BCUT2D eigenvalue weighted by Gasteiger charge is -2.36. The van der Waals surface area contributed by atoms with Crippen molar-refractivity contribution >= 4 is 21.9 Å². The summed E-state index contributed by atoms with van der Waals surface area (Å²) >= 11 is 0. The molecule has 7 nitrogen and oxygen atoms in total. The second kappa shape index (κ2) is 8.29. The average Bonchev–Trinajstić information content (AvgIpc) is 2.61. The van der Waals surface area contributed by atoms with E-state index in [9.17, 15) is 18.0 Å². The number of amides is 1. The Bertz CT molecular complexity index is 555. The van der Waals surface area contributed by atoms with Crippen molar-refractivity contribution < 1.29 is 22.7 Å². The Kier molecular flexibility index (Phi) is 6.62. The zero-order chi connectivity index (χ0) is 17.7. The highest BCUT2D eigenvalue weighted by Crippen LogP contribution is 2.25. The van der Waals surface area contributed by atoms with E-state index in [2.05, 4.69) is 0 Å². The first-order valence-electron chi connectivity index (χ1n) is 8.82. The average molecular weight is 360 g/mol. The first kappa shape index (κ1) is 19.2. The maximum absolute atomic E-state index is 12.7. The first-order chi connectivity index (χ1) is 11.4. The van der Waals surface area contributed by atoms with E-state index in [-0.39, 0.29) is 29.5 Å². The van der Waals surface area contributed by atoms with Crippen LogP contribution in [0.3, 0.4) is 0 Å². The molecule has 2 heterocycles. The molecule has 8 heteroatoms. The topological polar surface area (TPSA) is 84.0 Å². The highest BCUT2D eigenvalue weighted by Gasteiger charge is 2.35. The molecule has 0 aromatic heterocycles. The monoisotopic (exact) mass is 360 g/mol. The lowest BCUT2D eigenvalue weighted by atomic mass is 9.93. The molecule has 138 valence electrons. The van der Waals surface area contributed by atoms with Crippen LogP contribution in [0.15, 0.2) is 0 Å². The molecule has 24 heavy (non-hydrogen) atoms. The zero-order valence-corrected chi connectivity index (χ0v) is 15.4. The molecule has 2 saturated heterocycles. The largest absolute Gasteiger partial charge is 0.466 e. The van der Waals surface area contributed by atoms with Gasteiger partial charge in [0.1, 0.15) is 0 Å². The van der Waals surface area contributed by atoms with Gasteiger partial charge in [-0.1, -0.05) is 0 Å². The van der Waals surface area contributed by atoms with Crippen molar-refractivity contribution in [1.29, 1.82) is 0 Å². The van der Waals surface area contributed by atoms with Crippen LogP contribution in [-0.2, 0) is 24.3 Å². The van der Waals surface area contributed by atoms with E-state index in [1.54, 1.807) is 18.7 Å². The molecule has 2 aliphatic rings. The molecule has 0 aromatic rings. The first-order valence-corrected chi connectivity index (χ1v) is 10.4. The molecule has 2 fully saturated rings. The summed E-state index contributed by atoms with van der Waals surface area (Å²) in [6.07, 6.45) is 2.67. The van der Waals surface area contributed by atoms with Gasteiger partial charge in [-0.25, -0.2) is 12.7 Å². The smallest absolute Gasteiger partial charge is 0.310 e. The van der Waals surface area contributed by atoms with Crippen molar-refractivity contribution in [3.8, 4) is 0 Å². The van der Waals surface area contributed by atoms with Crippen molar-refractivity contribution in [1.82, 2.24) is 9.21 Å². The Morgan fingerprint density at radius 2 is 1.71 bits per heavy atom. The Labute approximate surface area is 144 Å². The molecule has 2 aliphatic heterocycles. The van der Waals surface area contributed by atoms with E-state index in [1.807, 2.05) is 0 Å². The van der Waals surface area contributed by atoms with Crippen LogP contribution in [0.5, 0.6) is 0 Å². The summed E-state index contributed by atoms with van der Waals surface area (Å²) in [6.45, 7) is 5.67. The summed E-state index contributed by atoms with van der Waals surface area (Å²) in [5, 5.41) is 0. The van der Waals surface area contributed by atoms with Crippen molar-refractivity contribution in [2.24, 2.45) is 11.8 Å². The van der Waals surface area contributed by atoms with Gasteiger partial charge in [0.15, 0.2) is 0 Å². The fraction of sp³-hybridized carbons (Fsp3) is 0.875. The number of sulfonamides is 1. The maximum Gasteiger partial charge on any atom is 0.310 e. The quantitative estimate of drug-likeness (QED) is 0.679. The third-order valence-electron chi connectivity index (χ3n) is 4.91. The van der Waals surface area contributed by atoms with Gasteiger partial charge in [-0.15, -0.1) is 0 Å². The van der Waals surface area contributed by atoms with Crippen LogP contribution in [0.25, 0.3) is 0 Å². The van der Waals surface area contributed by atoms with Crippen molar-refractivity contribution in [2.45, 2.75) is 39.5 Å². The number of hydrogen-bond donors (Lipinski definition) is 0. The molecule has 0 spiro atoms. The number of nitrogens with zero attached hydrogens (tertiary/aromatic N) is 2. The van der Waals surface area contributed by atoms with Gasteiger partial charge in [0, 0.05) is 32.1 Å². The minimum atomic E-state index is -3.17. The van der Waals surface area contributed by atoms with Crippen LogP contribution in [0.1, 0.15) is 39.5 Å². The predicted molar refractivity (Wildman–Crippen MR) is 89.7 cm³/mol. The molecule has 0 unspecified atom stereocenters. The molecule has 0 saturated carbocycles. The van der Waals surface area contributed by atoms with E-state index in [0.29, 0.717) is 45.6 Å². The predicted octanol–water partition coefficient (Wildman–Crippen LogP) is 0.850. The van der Waals surface area contributed by atoms with Gasteiger partial charge in [0.05, 0.1) is 18.3 Å². The van der Waals surface area contributed by atoms with E-state index in [4.69, 9.17) is 4.74 Å². The minimum Gasteiger partial charge on any atom is -0.466 e. The van der Waals surface area contributed by atoms with Gasteiger partial charge >= 0.3 is 5.97 Å². The lowest BCUT2D eigenvalue weighted by molar-refractivity contribution is -0.152. The maximum atomic E-state index is 12.7. The summed E-state index contributed by atoms with van der Waals surface area (Å²) in [5.41, 5.74) is 0. The number of ether oxygens (including phenoxy) is 1. The number of piperidine rings is 2. The van der Waals surface area contributed by atoms with Crippen LogP contribution in [0.4, 0.5) is 0 Å². The summed E-state index contributed by atoms with van der Waals surface area (Å²) in [4.78, 5) is 26.4. The summed E-state index contributed by atoms with van der Waals surface area (Å²) in [7, 11) is -3.17. The van der Waals surface area contributed by atoms with Gasteiger partial charge in [0.25, 0.3) is 0 Å². The molecule has 1 amide bonds. The van der Waals surface area contributed by atoms with Gasteiger partial charge in [-0.3, -0.25) is 9.59 Å². The number of rotatable bonds is 5. The van der Waals surface area contributed by atoms with E-state index < -0.39 is 10.0 Å². The highest BCUT2D eigenvalue weighted by atomic mass is 32.2. The lowest BCUT2D eigenvalue weighted by Crippen LogP contribution is -2.48. The molecule has 0 bridgehead atoms. The SMILES string of the molecule is CCOC(=O)[C@H]1CCCN(C(=O)C2CCN(S(=O)(=O)CC)CC2)C1. The third kappa shape index (κ3) is 4.47. The Morgan fingerprint density at radius 1 is 1.04 bits per heavy atom. The standard InChI is InChI=1S/C16H28N2O5S/c1-3-23-16(20)14-6-5-9-17(12-14)15(19)13-7-10-18(11-8-13)24(21,22)4-2/h13-14H,3-12H2,1-2H3/t14-/m0/s1. The number of esters is 1. The van der Waals surface area contributed by atoms with Crippen LogP contribution in [-0.4, -0.2) is 68.0 Å². The summed E-state index contributed by atoms with van der Waals surface area (Å²) in [6, 6.07) is 0. The van der Waals surface area contributed by atoms with Crippen LogP contribution in [0, 0.1) is 11.8 Å². The van der Waals surface area contributed by atoms with Crippen LogP contribution >= 0.6 is 0 Å². The molecule has 1 atom stereocenters. The van der Waals surface area contributed by atoms with E-state index in [0.717, 1.165) is 12.8 Å².